The van der Waals surface area contributed by atoms with Gasteiger partial charge in [-0.2, -0.15) is 4.68 Å². The zero-order valence-corrected chi connectivity index (χ0v) is 7.99. The minimum atomic E-state index is -0.476. The van der Waals surface area contributed by atoms with Crippen LogP contribution in [-0.2, 0) is 9.63 Å². The SMILES string of the molecule is CC(=O)O/N=C/n1nnc2ccccc21. The molecule has 6 heteroatoms. The number of benzene rings is 1. The van der Waals surface area contributed by atoms with Crippen molar-refractivity contribution in [2.45, 2.75) is 6.92 Å². The predicted molar refractivity (Wildman–Crippen MR) is 53.2 cm³/mol. The number of carbonyl (C=O) groups excluding carboxylic acids is 1. The summed E-state index contributed by atoms with van der Waals surface area (Å²) in [6, 6.07) is 7.40. The molecule has 6 nitrogen and oxygen atoms in total. The number of carbonyl (C=O) groups is 1. The van der Waals surface area contributed by atoms with Gasteiger partial charge in [-0.05, 0) is 12.1 Å². The van der Waals surface area contributed by atoms with Gasteiger partial charge in [0.15, 0.2) is 6.34 Å². The maximum atomic E-state index is 10.5. The molecule has 1 aromatic heterocycles. The molecule has 1 heterocycles. The molecule has 15 heavy (non-hydrogen) atoms. The summed E-state index contributed by atoms with van der Waals surface area (Å²) in [5.74, 6) is -0.476. The van der Waals surface area contributed by atoms with E-state index in [1.54, 1.807) is 0 Å². The highest BCUT2D eigenvalue weighted by molar-refractivity contribution is 5.80. The molecular weight excluding hydrogens is 196 g/mol. The van der Waals surface area contributed by atoms with Gasteiger partial charge in [-0.15, -0.1) is 5.10 Å². The van der Waals surface area contributed by atoms with Gasteiger partial charge in [0.25, 0.3) is 0 Å². The molecule has 0 aliphatic heterocycles. The van der Waals surface area contributed by atoms with Crippen LogP contribution in [0.4, 0.5) is 0 Å². The van der Waals surface area contributed by atoms with E-state index in [0.717, 1.165) is 11.0 Å². The quantitative estimate of drug-likeness (QED) is 0.314. The van der Waals surface area contributed by atoms with Crippen LogP contribution in [-0.4, -0.2) is 27.3 Å². The summed E-state index contributed by atoms with van der Waals surface area (Å²) < 4.78 is 1.43. The lowest BCUT2D eigenvalue weighted by Crippen LogP contribution is -2.00. The number of fused-ring (bicyclic) bond motifs is 1. The molecular formula is C9H8N4O2. The monoisotopic (exact) mass is 204 g/mol. The van der Waals surface area contributed by atoms with E-state index in [4.69, 9.17) is 0 Å². The van der Waals surface area contributed by atoms with Gasteiger partial charge >= 0.3 is 5.97 Å². The average Bonchev–Trinajstić information content (AvgIpc) is 2.62. The number of nitrogens with zero attached hydrogens (tertiary/aromatic N) is 4. The van der Waals surface area contributed by atoms with Gasteiger partial charge in [-0.3, -0.25) is 0 Å². The third-order valence-electron chi connectivity index (χ3n) is 1.72. The second kappa shape index (κ2) is 3.87. The van der Waals surface area contributed by atoms with E-state index < -0.39 is 5.97 Å². The molecule has 2 rings (SSSR count). The van der Waals surface area contributed by atoms with Gasteiger partial charge in [0, 0.05) is 6.92 Å². The molecule has 0 bridgehead atoms. The van der Waals surface area contributed by atoms with Gasteiger partial charge in [0.2, 0.25) is 0 Å². The van der Waals surface area contributed by atoms with Crippen LogP contribution >= 0.6 is 0 Å². The maximum absolute atomic E-state index is 10.5. The fourth-order valence-corrected chi connectivity index (χ4v) is 1.11. The molecule has 0 fully saturated rings. The first-order valence-corrected chi connectivity index (χ1v) is 4.28. The van der Waals surface area contributed by atoms with Crippen molar-refractivity contribution >= 4 is 23.3 Å². The van der Waals surface area contributed by atoms with Crippen molar-refractivity contribution in [3.8, 4) is 0 Å². The molecule has 76 valence electrons. The molecule has 0 aliphatic rings. The molecule has 0 spiro atoms. The Hall–Kier alpha value is -2.24. The third kappa shape index (κ3) is 1.98. The molecule has 0 atom stereocenters. The predicted octanol–water partition coefficient (Wildman–Crippen LogP) is 0.786. The van der Waals surface area contributed by atoms with Crippen molar-refractivity contribution in [2.75, 3.05) is 0 Å². The van der Waals surface area contributed by atoms with E-state index in [0.29, 0.717) is 0 Å². The van der Waals surface area contributed by atoms with Crippen LogP contribution in [0.5, 0.6) is 0 Å². The van der Waals surface area contributed by atoms with E-state index >= 15 is 0 Å². The van der Waals surface area contributed by atoms with Crippen LogP contribution in [0, 0.1) is 0 Å². The molecule has 0 unspecified atom stereocenters. The molecule has 0 aliphatic carbocycles. The standard InChI is InChI=1S/C9H8N4O2/c1-7(14)15-10-6-13-9-5-3-2-4-8(9)11-12-13/h2-6H,1H3/b10-6+. The van der Waals surface area contributed by atoms with Crippen molar-refractivity contribution < 1.29 is 9.63 Å². The van der Waals surface area contributed by atoms with Crippen molar-refractivity contribution in [2.24, 2.45) is 5.16 Å². The average molecular weight is 204 g/mol. The van der Waals surface area contributed by atoms with Gasteiger partial charge in [-0.1, -0.05) is 22.5 Å². The van der Waals surface area contributed by atoms with Gasteiger partial charge in [-0.25, -0.2) is 4.79 Å². The second-order valence-corrected chi connectivity index (χ2v) is 2.83. The Morgan fingerprint density at radius 3 is 3.13 bits per heavy atom. The molecule has 0 radical (unpaired) electrons. The number of hydrogen-bond donors (Lipinski definition) is 0. The highest BCUT2D eigenvalue weighted by Gasteiger charge is 2.00. The topological polar surface area (TPSA) is 69.4 Å². The Labute approximate surface area is 85.1 Å². The number of hydrogen-bond acceptors (Lipinski definition) is 5. The normalized spacial score (nSPS) is 11.0. The first-order chi connectivity index (χ1) is 7.27. The van der Waals surface area contributed by atoms with E-state index in [1.165, 1.54) is 17.9 Å². The summed E-state index contributed by atoms with van der Waals surface area (Å²) in [5.41, 5.74) is 1.56. The van der Waals surface area contributed by atoms with Crippen LogP contribution in [0.25, 0.3) is 11.0 Å². The zero-order valence-electron chi connectivity index (χ0n) is 7.99. The van der Waals surface area contributed by atoms with E-state index in [9.17, 15) is 4.79 Å². The summed E-state index contributed by atoms with van der Waals surface area (Å²) in [7, 11) is 0. The summed E-state index contributed by atoms with van der Waals surface area (Å²) in [5, 5.41) is 11.2. The van der Waals surface area contributed by atoms with E-state index in [2.05, 4.69) is 20.3 Å². The van der Waals surface area contributed by atoms with Crippen molar-refractivity contribution in [1.82, 2.24) is 15.0 Å². The second-order valence-electron chi connectivity index (χ2n) is 2.83. The minimum absolute atomic E-state index is 0.476. The Morgan fingerprint density at radius 1 is 1.53 bits per heavy atom. The zero-order chi connectivity index (χ0) is 10.7. The number of oxime groups is 1. The maximum Gasteiger partial charge on any atom is 0.332 e. The Balaban J connectivity index is 2.28. The third-order valence-corrected chi connectivity index (χ3v) is 1.72. The summed E-state index contributed by atoms with van der Waals surface area (Å²) in [6.45, 7) is 1.27. The number of rotatable bonds is 2. The van der Waals surface area contributed by atoms with Crippen LogP contribution in [0.3, 0.4) is 0 Å². The van der Waals surface area contributed by atoms with Crippen LogP contribution in [0.1, 0.15) is 6.92 Å². The Kier molecular flexibility index (Phi) is 2.40. The Morgan fingerprint density at radius 2 is 2.33 bits per heavy atom. The fraction of sp³-hybridized carbons (Fsp3) is 0.111. The highest BCUT2D eigenvalue weighted by atomic mass is 16.7. The van der Waals surface area contributed by atoms with E-state index in [1.807, 2.05) is 24.3 Å². The highest BCUT2D eigenvalue weighted by Crippen LogP contribution is 2.07. The van der Waals surface area contributed by atoms with E-state index in [-0.39, 0.29) is 0 Å². The summed E-state index contributed by atoms with van der Waals surface area (Å²) in [4.78, 5) is 14.9. The van der Waals surface area contributed by atoms with Gasteiger partial charge in [0.05, 0.1) is 5.52 Å². The van der Waals surface area contributed by atoms with Gasteiger partial charge in [0.1, 0.15) is 5.52 Å². The number of para-hydroxylation sites is 1. The summed E-state index contributed by atoms with van der Waals surface area (Å²) in [6.07, 6.45) is 1.29. The fourth-order valence-electron chi connectivity index (χ4n) is 1.11. The first kappa shape index (κ1) is 9.32. The minimum Gasteiger partial charge on any atom is -0.317 e. The number of aromatic nitrogens is 3. The van der Waals surface area contributed by atoms with Crippen LogP contribution < -0.4 is 0 Å². The lowest BCUT2D eigenvalue weighted by atomic mass is 10.3. The lowest BCUT2D eigenvalue weighted by Gasteiger charge is -1.91. The van der Waals surface area contributed by atoms with Crippen molar-refractivity contribution in [3.63, 3.8) is 0 Å². The lowest BCUT2D eigenvalue weighted by molar-refractivity contribution is -0.140. The smallest absolute Gasteiger partial charge is 0.317 e. The molecule has 0 N–H and O–H groups in total. The van der Waals surface area contributed by atoms with Crippen molar-refractivity contribution in [3.05, 3.63) is 24.3 Å². The largest absolute Gasteiger partial charge is 0.332 e. The molecule has 0 amide bonds. The molecule has 1 aromatic carbocycles. The van der Waals surface area contributed by atoms with Crippen LogP contribution in [0.2, 0.25) is 0 Å². The van der Waals surface area contributed by atoms with Crippen molar-refractivity contribution in [1.29, 1.82) is 0 Å². The molecule has 2 aromatic rings. The molecule has 0 saturated heterocycles. The summed E-state index contributed by atoms with van der Waals surface area (Å²) >= 11 is 0. The first-order valence-electron chi connectivity index (χ1n) is 4.28. The van der Waals surface area contributed by atoms with Gasteiger partial charge < -0.3 is 4.84 Å². The van der Waals surface area contributed by atoms with Crippen LogP contribution in [0.15, 0.2) is 29.4 Å². The molecule has 0 saturated carbocycles. The Bertz CT molecular complexity index is 518.